The van der Waals surface area contributed by atoms with E-state index in [4.69, 9.17) is 0 Å². The van der Waals surface area contributed by atoms with E-state index in [0.717, 1.165) is 56.7 Å². The van der Waals surface area contributed by atoms with Gasteiger partial charge in [0.1, 0.15) is 0 Å². The van der Waals surface area contributed by atoms with Gasteiger partial charge in [-0.3, -0.25) is 0 Å². The summed E-state index contributed by atoms with van der Waals surface area (Å²) in [6.45, 7) is 7.99. The molecule has 32 heavy (non-hydrogen) atoms. The number of piperazine rings is 1. The van der Waals surface area contributed by atoms with Gasteiger partial charge in [-0.15, -0.1) is 0 Å². The number of hydrogen-bond donors (Lipinski definition) is 1. The van der Waals surface area contributed by atoms with Crippen LogP contribution in [-0.4, -0.2) is 80.4 Å². The monoisotopic (exact) mass is 476 g/mol. The molecular formula is C21H31F3N4O3S. The molecule has 2 aliphatic heterocycles. The molecule has 1 aromatic rings. The molecular weight excluding hydrogens is 445 g/mol. The topological polar surface area (TPSA) is 73.0 Å². The smallest absolute Gasteiger partial charge is 0.335 e. The van der Waals surface area contributed by atoms with Crippen LogP contribution in [-0.2, 0) is 16.2 Å². The van der Waals surface area contributed by atoms with Crippen LogP contribution in [0.25, 0.3) is 0 Å². The maximum Gasteiger partial charge on any atom is 0.416 e. The molecule has 2 amide bonds. The first-order valence-electron chi connectivity index (χ1n) is 10.9. The Kier molecular flexibility index (Phi) is 7.72. The highest BCUT2D eigenvalue weighted by molar-refractivity contribution is 7.89. The largest absolute Gasteiger partial charge is 0.416 e. The van der Waals surface area contributed by atoms with Gasteiger partial charge in [0.2, 0.25) is 10.0 Å². The third-order valence-corrected chi connectivity index (χ3v) is 7.80. The molecule has 3 rings (SSSR count). The summed E-state index contributed by atoms with van der Waals surface area (Å²) in [5.74, 6) is 0.608. The third-order valence-electron chi connectivity index (χ3n) is 5.88. The average molecular weight is 477 g/mol. The lowest BCUT2D eigenvalue weighted by atomic mass is 10.0. The van der Waals surface area contributed by atoms with Crippen LogP contribution in [0.5, 0.6) is 0 Å². The fourth-order valence-corrected chi connectivity index (χ4v) is 5.56. The number of nitrogens with zero attached hydrogens (tertiary/aromatic N) is 3. The minimum atomic E-state index is -4.52. The minimum absolute atomic E-state index is 0.101. The Bertz CT molecular complexity index is 875. The molecule has 0 bridgehead atoms. The van der Waals surface area contributed by atoms with Gasteiger partial charge in [-0.1, -0.05) is 13.8 Å². The van der Waals surface area contributed by atoms with Crippen molar-refractivity contribution in [3.05, 3.63) is 29.8 Å². The minimum Gasteiger partial charge on any atom is -0.335 e. The van der Waals surface area contributed by atoms with Crippen LogP contribution >= 0.6 is 0 Å². The average Bonchev–Trinajstić information content (AvgIpc) is 2.74. The van der Waals surface area contributed by atoms with Crippen molar-refractivity contribution in [1.29, 1.82) is 0 Å². The molecule has 0 unspecified atom stereocenters. The molecule has 1 aromatic carbocycles. The molecule has 1 N–H and O–H groups in total. The van der Waals surface area contributed by atoms with Crippen LogP contribution in [0.15, 0.2) is 29.2 Å². The predicted molar refractivity (Wildman–Crippen MR) is 115 cm³/mol. The quantitative estimate of drug-likeness (QED) is 0.710. The molecule has 2 fully saturated rings. The molecule has 180 valence electrons. The Hall–Kier alpha value is -1.85. The Morgan fingerprint density at radius 3 is 2.09 bits per heavy atom. The van der Waals surface area contributed by atoms with E-state index in [9.17, 15) is 26.4 Å². The molecule has 0 spiro atoms. The summed E-state index contributed by atoms with van der Waals surface area (Å²) in [6.07, 6.45) is -2.74. The van der Waals surface area contributed by atoms with Gasteiger partial charge in [-0.2, -0.15) is 17.5 Å². The summed E-state index contributed by atoms with van der Waals surface area (Å²) < 4.78 is 64.9. The molecule has 0 radical (unpaired) electrons. The summed E-state index contributed by atoms with van der Waals surface area (Å²) in [5.41, 5.74) is -0.895. The highest BCUT2D eigenvalue weighted by atomic mass is 32.2. The number of piperidine rings is 1. The second-order valence-electron chi connectivity index (χ2n) is 8.83. The van der Waals surface area contributed by atoms with Crippen molar-refractivity contribution >= 4 is 16.1 Å². The fraction of sp³-hybridized carbons (Fsp3) is 0.667. The van der Waals surface area contributed by atoms with Crippen molar-refractivity contribution in [2.24, 2.45) is 5.92 Å². The molecule has 0 aliphatic carbocycles. The van der Waals surface area contributed by atoms with Crippen LogP contribution in [0.2, 0.25) is 0 Å². The number of alkyl halides is 3. The number of rotatable bonds is 5. The summed E-state index contributed by atoms with van der Waals surface area (Å²) in [4.78, 5) is 16.4. The van der Waals surface area contributed by atoms with E-state index in [0.29, 0.717) is 5.92 Å². The number of halogens is 3. The molecule has 7 nitrogen and oxygen atoms in total. The maximum atomic E-state index is 12.8. The zero-order valence-electron chi connectivity index (χ0n) is 18.4. The van der Waals surface area contributed by atoms with Crippen LogP contribution in [0.4, 0.5) is 18.0 Å². The molecule has 2 saturated heterocycles. The lowest BCUT2D eigenvalue weighted by molar-refractivity contribution is -0.137. The van der Waals surface area contributed by atoms with Gasteiger partial charge in [0.05, 0.1) is 10.5 Å². The molecule has 0 atom stereocenters. The van der Waals surface area contributed by atoms with E-state index < -0.39 is 21.8 Å². The first-order valence-corrected chi connectivity index (χ1v) is 12.4. The summed E-state index contributed by atoms with van der Waals surface area (Å²) in [7, 11) is -3.91. The number of likely N-dealkylation sites (tertiary alicyclic amines) is 1. The number of nitrogens with one attached hydrogen (secondary N) is 1. The SMILES string of the molecule is CC(C)CN1CCC(NC(=O)N2CCN(S(=O)(=O)c3ccc(C(F)(F)F)cc3)CC2)CC1. The number of carbonyl (C=O) groups is 1. The van der Waals surface area contributed by atoms with Crippen LogP contribution in [0.1, 0.15) is 32.3 Å². The maximum absolute atomic E-state index is 12.8. The third kappa shape index (κ3) is 6.14. The van der Waals surface area contributed by atoms with Crippen LogP contribution in [0.3, 0.4) is 0 Å². The molecule has 11 heteroatoms. The van der Waals surface area contributed by atoms with Gasteiger partial charge in [0, 0.05) is 51.9 Å². The Balaban J connectivity index is 1.49. The molecule has 0 saturated carbocycles. The molecule has 2 heterocycles. The van der Waals surface area contributed by atoms with Gasteiger partial charge in [-0.25, -0.2) is 13.2 Å². The van der Waals surface area contributed by atoms with Crippen molar-refractivity contribution in [2.45, 2.75) is 43.8 Å². The number of hydrogen-bond acceptors (Lipinski definition) is 4. The number of carbonyl (C=O) groups excluding carboxylic acids is 1. The van der Waals surface area contributed by atoms with Crippen molar-refractivity contribution in [2.75, 3.05) is 45.8 Å². The van der Waals surface area contributed by atoms with E-state index in [-0.39, 0.29) is 43.1 Å². The number of benzene rings is 1. The standard InChI is InChI=1S/C21H31F3N4O3S/c1-16(2)15-26-9-7-18(8-10-26)25-20(29)27-11-13-28(14-12-27)32(30,31)19-5-3-17(4-6-19)21(22,23)24/h3-6,16,18H,7-15H2,1-2H3,(H,25,29). The number of sulfonamides is 1. The van der Waals surface area contributed by atoms with Gasteiger partial charge in [-0.05, 0) is 43.0 Å². The van der Waals surface area contributed by atoms with Crippen molar-refractivity contribution in [3.8, 4) is 0 Å². The first-order chi connectivity index (χ1) is 15.0. The van der Waals surface area contributed by atoms with Crippen molar-refractivity contribution in [3.63, 3.8) is 0 Å². The Morgan fingerprint density at radius 1 is 1.03 bits per heavy atom. The summed E-state index contributed by atoms with van der Waals surface area (Å²) in [6, 6.07) is 3.40. The van der Waals surface area contributed by atoms with Crippen LogP contribution in [0, 0.1) is 5.92 Å². The summed E-state index contributed by atoms with van der Waals surface area (Å²) in [5, 5.41) is 3.05. The first kappa shape index (κ1) is 24.8. The van der Waals surface area contributed by atoms with Crippen molar-refractivity contribution < 1.29 is 26.4 Å². The normalized spacial score (nSPS) is 20.0. The fourth-order valence-electron chi connectivity index (χ4n) is 4.14. The number of urea groups is 1. The highest BCUT2D eigenvalue weighted by Crippen LogP contribution is 2.30. The van der Waals surface area contributed by atoms with Gasteiger partial charge in [0.15, 0.2) is 0 Å². The van der Waals surface area contributed by atoms with Gasteiger partial charge in [0.25, 0.3) is 0 Å². The Morgan fingerprint density at radius 2 is 1.59 bits per heavy atom. The second-order valence-corrected chi connectivity index (χ2v) is 10.8. The van der Waals surface area contributed by atoms with Crippen LogP contribution < -0.4 is 5.32 Å². The second kappa shape index (κ2) is 9.96. The Labute approximate surface area is 187 Å². The molecule has 2 aliphatic rings. The van der Waals surface area contributed by atoms with E-state index in [1.807, 2.05) is 0 Å². The zero-order valence-corrected chi connectivity index (χ0v) is 19.3. The number of amides is 2. The van der Waals surface area contributed by atoms with Gasteiger partial charge < -0.3 is 15.1 Å². The van der Waals surface area contributed by atoms with Gasteiger partial charge >= 0.3 is 12.2 Å². The van der Waals surface area contributed by atoms with E-state index in [1.165, 1.54) is 4.31 Å². The summed E-state index contributed by atoms with van der Waals surface area (Å²) >= 11 is 0. The lowest BCUT2D eigenvalue weighted by Gasteiger charge is -2.37. The van der Waals surface area contributed by atoms with Crippen molar-refractivity contribution in [1.82, 2.24) is 19.4 Å². The molecule has 0 aromatic heterocycles. The predicted octanol–water partition coefficient (Wildman–Crippen LogP) is 2.84. The zero-order chi connectivity index (χ0) is 23.5. The van der Waals surface area contributed by atoms with E-state index in [2.05, 4.69) is 24.1 Å². The van der Waals surface area contributed by atoms with E-state index >= 15 is 0 Å². The lowest BCUT2D eigenvalue weighted by Crippen LogP contribution is -2.55. The van der Waals surface area contributed by atoms with E-state index in [1.54, 1.807) is 4.90 Å². The highest BCUT2D eigenvalue weighted by Gasteiger charge is 2.33.